The lowest BCUT2D eigenvalue weighted by Crippen LogP contribution is -2.10. The van der Waals surface area contributed by atoms with Crippen LogP contribution in [0.15, 0.2) is 139 Å². The second-order valence-electron chi connectivity index (χ2n) is 14.0. The Hall–Kier alpha value is -8.33. The molecule has 7 nitrogen and oxygen atoms in total. The third kappa shape index (κ3) is 14.3. The summed E-state index contributed by atoms with van der Waals surface area (Å²) >= 11 is 0. The molecule has 0 aliphatic heterocycles. The third-order valence-corrected chi connectivity index (χ3v) is 8.77. The van der Waals surface area contributed by atoms with Gasteiger partial charge in [-0.1, -0.05) is 107 Å². The van der Waals surface area contributed by atoms with Gasteiger partial charge in [0.25, 0.3) is 0 Å². The summed E-state index contributed by atoms with van der Waals surface area (Å²) in [7, 11) is 0. The average Bonchev–Trinajstić information content (AvgIpc) is 3.31. The zero-order valence-corrected chi connectivity index (χ0v) is 35.6. The van der Waals surface area contributed by atoms with Crippen LogP contribution in [0.2, 0.25) is 0 Å². The molecule has 0 radical (unpaired) electrons. The highest BCUT2D eigenvalue weighted by Gasteiger charge is 2.24. The van der Waals surface area contributed by atoms with Crippen molar-refractivity contribution >= 4 is 35.4 Å². The van der Waals surface area contributed by atoms with Gasteiger partial charge in [0.2, 0.25) is 17.5 Å². The number of halogens is 11. The number of nitrogens with zero attached hydrogens (tertiary/aromatic N) is 1. The lowest BCUT2D eigenvalue weighted by Gasteiger charge is -2.06. The SMILES string of the molecule is Cc1ccc(/C(F)=C(\F)C(=O)Oc2cc(F)c(C#N)c(F)c2)cc1.Cc1ccc(/C(F)=C(\F)C(=O)Oc2cc(F)c(F)c(F)c2)cc1.Cc1ccc(OC(=O)/C(F)=C(\F)c2ccc(C)cc2)cc1. The molecule has 68 heavy (non-hydrogen) atoms. The van der Waals surface area contributed by atoms with Crippen molar-refractivity contribution in [2.45, 2.75) is 27.7 Å². The largest absolute Gasteiger partial charge is 0.421 e. The minimum absolute atomic E-state index is 0.000967. The van der Waals surface area contributed by atoms with Crippen LogP contribution < -0.4 is 14.2 Å². The maximum Gasteiger partial charge on any atom is 0.375 e. The van der Waals surface area contributed by atoms with E-state index in [9.17, 15) is 62.7 Å². The van der Waals surface area contributed by atoms with Crippen LogP contribution in [0.1, 0.15) is 44.5 Å². The van der Waals surface area contributed by atoms with Crippen molar-refractivity contribution in [2.24, 2.45) is 0 Å². The number of aryl methyl sites for hydroxylation is 4. The van der Waals surface area contributed by atoms with Gasteiger partial charge < -0.3 is 14.2 Å². The highest BCUT2D eigenvalue weighted by atomic mass is 19.2. The Labute approximate surface area is 380 Å². The van der Waals surface area contributed by atoms with Gasteiger partial charge in [0.05, 0.1) is 0 Å². The van der Waals surface area contributed by atoms with Gasteiger partial charge in [-0.25, -0.2) is 49.5 Å². The number of hydrogen-bond donors (Lipinski definition) is 0. The smallest absolute Gasteiger partial charge is 0.375 e. The topological polar surface area (TPSA) is 103 Å². The van der Waals surface area contributed by atoms with Crippen molar-refractivity contribution in [3.63, 3.8) is 0 Å². The van der Waals surface area contributed by atoms with Crippen LogP contribution >= 0.6 is 0 Å². The molecule has 0 bridgehead atoms. The van der Waals surface area contributed by atoms with E-state index in [4.69, 9.17) is 10.00 Å². The van der Waals surface area contributed by atoms with Gasteiger partial charge in [-0.2, -0.15) is 18.4 Å². The van der Waals surface area contributed by atoms with Crippen LogP contribution in [0, 0.1) is 68.1 Å². The quantitative estimate of drug-likeness (QED) is 0.0467. The minimum atomic E-state index is -1.88. The summed E-state index contributed by atoms with van der Waals surface area (Å²) in [5.41, 5.74) is 2.20. The molecule has 0 aliphatic carbocycles. The number of esters is 3. The molecule has 0 N–H and O–H groups in total. The van der Waals surface area contributed by atoms with E-state index in [1.807, 2.05) is 13.8 Å². The molecule has 6 rings (SSSR count). The zero-order valence-electron chi connectivity index (χ0n) is 35.6. The molecule has 0 saturated carbocycles. The number of carbonyl (C=O) groups is 3. The second kappa shape index (κ2) is 23.7. The Morgan fingerprint density at radius 2 is 0.647 bits per heavy atom. The summed E-state index contributed by atoms with van der Waals surface area (Å²) in [6, 6.07) is 26.6. The summed E-state index contributed by atoms with van der Waals surface area (Å²) in [5, 5.41) is 8.52. The van der Waals surface area contributed by atoms with Crippen LogP contribution in [0.3, 0.4) is 0 Å². The summed E-state index contributed by atoms with van der Waals surface area (Å²) in [6.45, 7) is 7.16. The predicted octanol–water partition coefficient (Wildman–Crippen LogP) is 13.5. The van der Waals surface area contributed by atoms with E-state index in [0.717, 1.165) is 22.3 Å². The lowest BCUT2D eigenvalue weighted by atomic mass is 10.1. The Morgan fingerprint density at radius 1 is 0.397 bits per heavy atom. The fraction of sp³-hybridized carbons (Fsp3) is 0.0800. The number of benzene rings is 6. The first-order valence-electron chi connectivity index (χ1n) is 19.2. The van der Waals surface area contributed by atoms with E-state index in [1.54, 1.807) is 38.1 Å². The normalized spacial score (nSPS) is 11.7. The maximum atomic E-state index is 13.9. The Kier molecular flexibility index (Phi) is 18.3. The number of nitriles is 1. The zero-order chi connectivity index (χ0) is 50.4. The van der Waals surface area contributed by atoms with E-state index in [1.165, 1.54) is 78.9 Å². The first-order chi connectivity index (χ1) is 32.1. The summed E-state index contributed by atoms with van der Waals surface area (Å²) in [4.78, 5) is 34.6. The van der Waals surface area contributed by atoms with E-state index in [-0.39, 0.29) is 22.4 Å². The van der Waals surface area contributed by atoms with Crippen molar-refractivity contribution in [1.82, 2.24) is 0 Å². The first kappa shape index (κ1) is 52.3. The van der Waals surface area contributed by atoms with E-state index < -0.39 is 99.0 Å². The molecule has 0 aromatic heterocycles. The molecule has 0 unspecified atom stereocenters. The van der Waals surface area contributed by atoms with Gasteiger partial charge in [0.15, 0.2) is 34.9 Å². The predicted molar refractivity (Wildman–Crippen MR) is 226 cm³/mol. The molecule has 0 atom stereocenters. The van der Waals surface area contributed by atoms with Gasteiger partial charge in [-0.15, -0.1) is 0 Å². The maximum absolute atomic E-state index is 13.9. The highest BCUT2D eigenvalue weighted by Crippen LogP contribution is 2.28. The van der Waals surface area contributed by atoms with Gasteiger partial charge >= 0.3 is 17.9 Å². The number of ether oxygens (including phenoxy) is 3. The van der Waals surface area contributed by atoms with Crippen LogP contribution in [-0.2, 0) is 14.4 Å². The number of hydrogen-bond acceptors (Lipinski definition) is 7. The van der Waals surface area contributed by atoms with Crippen LogP contribution in [0.25, 0.3) is 17.5 Å². The van der Waals surface area contributed by atoms with Gasteiger partial charge in [-0.3, -0.25) is 0 Å². The van der Waals surface area contributed by atoms with Crippen molar-refractivity contribution in [1.29, 1.82) is 5.26 Å². The monoisotopic (exact) mass is 951 g/mol. The average molecular weight is 952 g/mol. The molecule has 18 heteroatoms. The number of carbonyl (C=O) groups excluding carboxylic acids is 3. The Balaban J connectivity index is 0.000000223. The van der Waals surface area contributed by atoms with Crippen molar-refractivity contribution < 1.29 is 76.9 Å². The standard InChI is InChI=1S/C17H9F4NO2.C17H14F2O2.C16H9F5O2/c1-9-2-4-10(5-3-9)15(20)16(21)17(23)24-11-6-13(18)12(8-22)14(19)7-11;1-11-3-7-13(8-4-11)15(18)16(19)17(20)21-14-9-5-12(2)6-10-14;1-8-2-4-9(5-3-8)13(19)15(21)16(22)23-10-6-11(17)14(20)12(18)7-10/h2-7H,1H3;3-10H,1-2H3;2-7H,1H3/b2*16-15+;15-13+. The molecular formula is C50H32F11NO6. The Bertz CT molecular complexity index is 2920. The van der Waals surface area contributed by atoms with Crippen molar-refractivity contribution in [3.05, 3.63) is 212 Å². The molecule has 0 saturated heterocycles. The summed E-state index contributed by atoms with van der Waals surface area (Å²) in [5.74, 6) is -23.3. The fourth-order valence-corrected chi connectivity index (χ4v) is 5.12. The molecule has 0 aliphatic rings. The molecule has 0 fully saturated rings. The van der Waals surface area contributed by atoms with Crippen LogP contribution in [-0.4, -0.2) is 17.9 Å². The van der Waals surface area contributed by atoms with E-state index >= 15 is 0 Å². The van der Waals surface area contributed by atoms with E-state index in [2.05, 4.69) is 9.47 Å². The van der Waals surface area contributed by atoms with Gasteiger partial charge in [0.1, 0.15) is 40.5 Å². The minimum Gasteiger partial charge on any atom is -0.421 e. The van der Waals surface area contributed by atoms with Crippen molar-refractivity contribution in [2.75, 3.05) is 0 Å². The second-order valence-corrected chi connectivity index (χ2v) is 14.0. The molecule has 0 heterocycles. The molecular weight excluding hydrogens is 920 g/mol. The molecule has 350 valence electrons. The summed E-state index contributed by atoms with van der Waals surface area (Å²) < 4.78 is 162. The summed E-state index contributed by atoms with van der Waals surface area (Å²) in [6.07, 6.45) is 0. The fourth-order valence-electron chi connectivity index (χ4n) is 5.12. The molecule has 0 spiro atoms. The van der Waals surface area contributed by atoms with Crippen molar-refractivity contribution in [3.8, 4) is 23.3 Å². The number of rotatable bonds is 9. The van der Waals surface area contributed by atoms with E-state index in [0.29, 0.717) is 24.3 Å². The van der Waals surface area contributed by atoms with Crippen LogP contribution in [0.5, 0.6) is 17.2 Å². The van der Waals surface area contributed by atoms with Gasteiger partial charge in [-0.05, 0) is 39.8 Å². The van der Waals surface area contributed by atoms with Gasteiger partial charge in [0, 0.05) is 41.0 Å². The molecule has 6 aromatic carbocycles. The molecule has 6 aromatic rings. The highest BCUT2D eigenvalue weighted by molar-refractivity contribution is 5.96. The molecule has 0 amide bonds. The van der Waals surface area contributed by atoms with Crippen LogP contribution in [0.4, 0.5) is 48.3 Å². The third-order valence-electron chi connectivity index (χ3n) is 8.77. The Morgan fingerprint density at radius 3 is 0.926 bits per heavy atom. The lowest BCUT2D eigenvalue weighted by molar-refractivity contribution is -0.132. The first-order valence-corrected chi connectivity index (χ1v) is 19.2.